The number of anilines is 1. The molecule has 0 bridgehead atoms. The number of hydrogen-bond acceptors (Lipinski definition) is 2. The Balaban J connectivity index is 1.95. The lowest BCUT2D eigenvalue weighted by Crippen LogP contribution is -2.26. The SMILES string of the molecule is CNc1ccccc1C(=O)NCCc1ccc(F)cc1C. The summed E-state index contributed by atoms with van der Waals surface area (Å²) in [5, 5.41) is 5.89. The Morgan fingerprint density at radius 1 is 1.19 bits per heavy atom. The number of para-hydroxylation sites is 1. The van der Waals surface area contributed by atoms with E-state index in [2.05, 4.69) is 10.6 Å². The molecule has 0 spiro atoms. The number of benzene rings is 2. The summed E-state index contributed by atoms with van der Waals surface area (Å²) in [7, 11) is 1.79. The fourth-order valence-corrected chi connectivity index (χ4v) is 2.24. The summed E-state index contributed by atoms with van der Waals surface area (Å²) in [6.07, 6.45) is 0.680. The topological polar surface area (TPSA) is 41.1 Å². The van der Waals surface area contributed by atoms with Gasteiger partial charge in [0.1, 0.15) is 5.82 Å². The van der Waals surface area contributed by atoms with E-state index in [4.69, 9.17) is 0 Å². The molecule has 2 rings (SSSR count). The highest BCUT2D eigenvalue weighted by atomic mass is 19.1. The van der Waals surface area contributed by atoms with Crippen LogP contribution in [0, 0.1) is 12.7 Å². The van der Waals surface area contributed by atoms with Gasteiger partial charge in [-0.1, -0.05) is 18.2 Å². The van der Waals surface area contributed by atoms with Gasteiger partial charge in [0.15, 0.2) is 0 Å². The van der Waals surface area contributed by atoms with Crippen LogP contribution in [0.2, 0.25) is 0 Å². The molecule has 0 aliphatic heterocycles. The van der Waals surface area contributed by atoms with Crippen LogP contribution in [0.4, 0.5) is 10.1 Å². The Morgan fingerprint density at radius 3 is 2.67 bits per heavy atom. The van der Waals surface area contributed by atoms with Gasteiger partial charge in [-0.05, 0) is 48.7 Å². The van der Waals surface area contributed by atoms with E-state index in [1.54, 1.807) is 19.2 Å². The molecule has 0 atom stereocenters. The van der Waals surface area contributed by atoms with Crippen LogP contribution in [0.15, 0.2) is 42.5 Å². The lowest BCUT2D eigenvalue weighted by Gasteiger charge is -2.10. The van der Waals surface area contributed by atoms with Crippen LogP contribution >= 0.6 is 0 Å². The minimum absolute atomic E-state index is 0.111. The molecule has 0 heterocycles. The zero-order valence-corrected chi connectivity index (χ0v) is 12.2. The summed E-state index contributed by atoms with van der Waals surface area (Å²) in [5.41, 5.74) is 3.36. The Hall–Kier alpha value is -2.36. The quantitative estimate of drug-likeness (QED) is 0.886. The molecule has 2 aromatic carbocycles. The standard InChI is InChI=1S/C17H19FN2O/c1-12-11-14(18)8-7-13(12)9-10-20-17(21)15-5-3-4-6-16(15)19-2/h3-8,11,19H,9-10H2,1-2H3,(H,20,21). The highest BCUT2D eigenvalue weighted by molar-refractivity contribution is 5.99. The van der Waals surface area contributed by atoms with Crippen molar-refractivity contribution in [2.45, 2.75) is 13.3 Å². The minimum atomic E-state index is -0.233. The number of nitrogens with one attached hydrogen (secondary N) is 2. The fourth-order valence-electron chi connectivity index (χ4n) is 2.24. The number of rotatable bonds is 5. The zero-order valence-electron chi connectivity index (χ0n) is 12.2. The summed E-state index contributed by atoms with van der Waals surface area (Å²) >= 11 is 0. The lowest BCUT2D eigenvalue weighted by molar-refractivity contribution is 0.0955. The van der Waals surface area contributed by atoms with Crippen molar-refractivity contribution in [2.24, 2.45) is 0 Å². The summed E-state index contributed by atoms with van der Waals surface area (Å²) in [4.78, 5) is 12.1. The van der Waals surface area contributed by atoms with E-state index < -0.39 is 0 Å². The molecule has 0 saturated heterocycles. The van der Waals surface area contributed by atoms with E-state index in [1.165, 1.54) is 12.1 Å². The smallest absolute Gasteiger partial charge is 0.253 e. The first-order valence-electron chi connectivity index (χ1n) is 6.92. The predicted molar refractivity (Wildman–Crippen MR) is 83.2 cm³/mol. The van der Waals surface area contributed by atoms with Crippen molar-refractivity contribution < 1.29 is 9.18 Å². The van der Waals surface area contributed by atoms with Gasteiger partial charge in [0.05, 0.1) is 5.56 Å². The molecule has 0 aliphatic rings. The van der Waals surface area contributed by atoms with Crippen molar-refractivity contribution >= 4 is 11.6 Å². The van der Waals surface area contributed by atoms with E-state index in [9.17, 15) is 9.18 Å². The van der Waals surface area contributed by atoms with E-state index in [1.807, 2.05) is 25.1 Å². The van der Waals surface area contributed by atoms with Crippen molar-refractivity contribution in [3.05, 3.63) is 65.0 Å². The second kappa shape index (κ2) is 6.88. The van der Waals surface area contributed by atoms with Crippen LogP contribution in [0.25, 0.3) is 0 Å². The predicted octanol–water partition coefficient (Wildman–Crippen LogP) is 3.15. The van der Waals surface area contributed by atoms with Crippen molar-refractivity contribution in [1.82, 2.24) is 5.32 Å². The average Bonchev–Trinajstić information content (AvgIpc) is 2.49. The van der Waals surface area contributed by atoms with Gasteiger partial charge >= 0.3 is 0 Å². The molecule has 0 fully saturated rings. The molecule has 1 amide bonds. The van der Waals surface area contributed by atoms with Crippen LogP contribution in [0.3, 0.4) is 0 Å². The molecule has 21 heavy (non-hydrogen) atoms. The normalized spacial score (nSPS) is 10.2. The van der Waals surface area contributed by atoms with Gasteiger partial charge in [0.2, 0.25) is 0 Å². The molecular weight excluding hydrogens is 267 g/mol. The van der Waals surface area contributed by atoms with Crippen LogP contribution in [-0.2, 0) is 6.42 Å². The minimum Gasteiger partial charge on any atom is -0.387 e. The third-order valence-electron chi connectivity index (χ3n) is 3.43. The monoisotopic (exact) mass is 286 g/mol. The van der Waals surface area contributed by atoms with E-state index in [0.717, 1.165) is 16.8 Å². The number of carbonyl (C=O) groups excluding carboxylic acids is 1. The second-order valence-corrected chi connectivity index (χ2v) is 4.87. The number of aryl methyl sites for hydroxylation is 1. The molecule has 0 aromatic heterocycles. The summed E-state index contributed by atoms with van der Waals surface area (Å²) < 4.78 is 13.0. The van der Waals surface area contributed by atoms with Gasteiger partial charge < -0.3 is 10.6 Å². The Bertz CT molecular complexity index is 640. The van der Waals surface area contributed by atoms with Gasteiger partial charge in [0.25, 0.3) is 5.91 Å². The zero-order chi connectivity index (χ0) is 15.2. The highest BCUT2D eigenvalue weighted by Gasteiger charge is 2.09. The van der Waals surface area contributed by atoms with Gasteiger partial charge in [0, 0.05) is 19.3 Å². The van der Waals surface area contributed by atoms with Crippen LogP contribution in [0.1, 0.15) is 21.5 Å². The molecule has 2 N–H and O–H groups in total. The van der Waals surface area contributed by atoms with Crippen molar-refractivity contribution in [1.29, 1.82) is 0 Å². The molecule has 0 radical (unpaired) electrons. The largest absolute Gasteiger partial charge is 0.387 e. The summed E-state index contributed by atoms with van der Waals surface area (Å²) in [5.74, 6) is -0.344. The lowest BCUT2D eigenvalue weighted by atomic mass is 10.1. The molecule has 110 valence electrons. The second-order valence-electron chi connectivity index (χ2n) is 4.87. The average molecular weight is 286 g/mol. The van der Waals surface area contributed by atoms with Crippen molar-refractivity contribution in [2.75, 3.05) is 18.9 Å². The number of carbonyl (C=O) groups is 1. The van der Waals surface area contributed by atoms with Crippen molar-refractivity contribution in [3.63, 3.8) is 0 Å². The van der Waals surface area contributed by atoms with Gasteiger partial charge in [-0.3, -0.25) is 4.79 Å². The highest BCUT2D eigenvalue weighted by Crippen LogP contribution is 2.14. The molecule has 3 nitrogen and oxygen atoms in total. The Morgan fingerprint density at radius 2 is 1.95 bits per heavy atom. The van der Waals surface area contributed by atoms with Gasteiger partial charge in [-0.15, -0.1) is 0 Å². The molecule has 0 saturated carbocycles. The van der Waals surface area contributed by atoms with Crippen LogP contribution < -0.4 is 10.6 Å². The summed E-state index contributed by atoms with van der Waals surface area (Å²) in [6, 6.07) is 12.1. The molecular formula is C17H19FN2O. The molecule has 0 aliphatic carbocycles. The third-order valence-corrected chi connectivity index (χ3v) is 3.43. The third kappa shape index (κ3) is 3.81. The van der Waals surface area contributed by atoms with E-state index >= 15 is 0 Å². The first-order valence-corrected chi connectivity index (χ1v) is 6.92. The van der Waals surface area contributed by atoms with Gasteiger partial charge in [-0.25, -0.2) is 4.39 Å². The number of halogens is 1. The van der Waals surface area contributed by atoms with E-state index in [-0.39, 0.29) is 11.7 Å². The first kappa shape index (κ1) is 15.0. The maximum absolute atomic E-state index is 13.0. The van der Waals surface area contributed by atoms with E-state index in [0.29, 0.717) is 18.5 Å². The summed E-state index contributed by atoms with van der Waals surface area (Å²) in [6.45, 7) is 2.39. The van der Waals surface area contributed by atoms with Gasteiger partial charge in [-0.2, -0.15) is 0 Å². The Labute approximate surface area is 124 Å². The molecule has 0 unspecified atom stereocenters. The Kier molecular flexibility index (Phi) is 4.93. The number of amides is 1. The first-order chi connectivity index (χ1) is 10.1. The van der Waals surface area contributed by atoms with Crippen molar-refractivity contribution in [3.8, 4) is 0 Å². The van der Waals surface area contributed by atoms with Crippen LogP contribution in [-0.4, -0.2) is 19.5 Å². The number of hydrogen-bond donors (Lipinski definition) is 2. The van der Waals surface area contributed by atoms with Crippen LogP contribution in [0.5, 0.6) is 0 Å². The molecule has 2 aromatic rings. The molecule has 4 heteroatoms. The maximum Gasteiger partial charge on any atom is 0.253 e. The maximum atomic E-state index is 13.0. The fraction of sp³-hybridized carbons (Fsp3) is 0.235.